The normalized spacial score (nSPS) is 10.9. The van der Waals surface area contributed by atoms with E-state index in [0.29, 0.717) is 0 Å². The zero-order chi connectivity index (χ0) is 10.8. The predicted molar refractivity (Wildman–Crippen MR) is 45.8 cm³/mol. The Hall–Kier alpha value is -1.83. The van der Waals surface area contributed by atoms with Gasteiger partial charge in [-0.1, -0.05) is 0 Å². The van der Waals surface area contributed by atoms with Crippen LogP contribution < -0.4 is 10.5 Å². The molecule has 0 bridgehead atoms. The minimum Gasteiger partial charge on any atom is -0.505 e. The predicted octanol–water partition coefficient (Wildman–Crippen LogP) is -0.856. The van der Waals surface area contributed by atoms with Crippen molar-refractivity contribution in [2.45, 2.75) is 5.03 Å². The summed E-state index contributed by atoms with van der Waals surface area (Å²) in [6, 6.07) is 1.23. The Morgan fingerprint density at radius 3 is 2.71 bits per heavy atom. The lowest BCUT2D eigenvalue weighted by Gasteiger charge is -2.03. The van der Waals surface area contributed by atoms with Crippen LogP contribution in [-0.4, -0.2) is 24.5 Å². The van der Waals surface area contributed by atoms with Crippen LogP contribution in [0.1, 0.15) is 0 Å². The highest BCUT2D eigenvalue weighted by atomic mass is 32.2. The molecule has 0 atom stereocenters. The minimum absolute atomic E-state index is 0.554. The monoisotopic (exact) mass is 217 g/mol. The molecule has 0 aliphatic carbocycles. The molecule has 4 N–H and O–H groups in total. The molecule has 0 saturated carbocycles. The molecule has 0 saturated heterocycles. The SMILES string of the molecule is NC(=O)NS(=O)(=O)c1ncccc1O. The van der Waals surface area contributed by atoms with Crippen molar-refractivity contribution in [2.24, 2.45) is 5.73 Å². The quantitative estimate of drug-likeness (QED) is 0.595. The van der Waals surface area contributed by atoms with Crippen LogP contribution in [0.2, 0.25) is 0 Å². The van der Waals surface area contributed by atoms with Crippen LogP contribution in [-0.2, 0) is 10.0 Å². The third kappa shape index (κ3) is 2.10. The third-order valence-corrected chi connectivity index (χ3v) is 2.53. The molecule has 0 spiro atoms. The first kappa shape index (κ1) is 10.3. The first-order chi connectivity index (χ1) is 6.43. The van der Waals surface area contributed by atoms with Crippen molar-refractivity contribution in [3.8, 4) is 5.75 Å². The van der Waals surface area contributed by atoms with E-state index in [1.54, 1.807) is 0 Å². The number of hydrogen-bond acceptors (Lipinski definition) is 5. The summed E-state index contributed by atoms with van der Waals surface area (Å²) >= 11 is 0. The number of urea groups is 1. The number of pyridine rings is 1. The molecule has 0 aliphatic heterocycles. The van der Waals surface area contributed by atoms with Crippen LogP contribution in [0.4, 0.5) is 4.79 Å². The number of nitrogens with two attached hydrogens (primary N) is 1. The van der Waals surface area contributed by atoms with Crippen molar-refractivity contribution in [3.05, 3.63) is 18.3 Å². The maximum atomic E-state index is 11.2. The number of amides is 2. The van der Waals surface area contributed by atoms with Gasteiger partial charge in [0.1, 0.15) is 0 Å². The van der Waals surface area contributed by atoms with Gasteiger partial charge in [0.15, 0.2) is 5.75 Å². The zero-order valence-electron chi connectivity index (χ0n) is 6.84. The van der Waals surface area contributed by atoms with Gasteiger partial charge in [0, 0.05) is 6.20 Å². The van der Waals surface area contributed by atoms with E-state index in [9.17, 15) is 13.2 Å². The molecule has 1 heterocycles. The van der Waals surface area contributed by atoms with Crippen LogP contribution in [0.25, 0.3) is 0 Å². The number of rotatable bonds is 2. The highest BCUT2D eigenvalue weighted by Gasteiger charge is 2.21. The molecule has 0 aliphatic rings. The summed E-state index contributed by atoms with van der Waals surface area (Å²) in [6.07, 6.45) is 1.16. The second-order valence-corrected chi connectivity index (χ2v) is 3.90. The van der Waals surface area contributed by atoms with Gasteiger partial charge in [-0.15, -0.1) is 0 Å². The fraction of sp³-hybridized carbons (Fsp3) is 0. The largest absolute Gasteiger partial charge is 0.505 e. The Balaban J connectivity index is 3.17. The van der Waals surface area contributed by atoms with E-state index in [1.807, 2.05) is 0 Å². The van der Waals surface area contributed by atoms with E-state index in [-0.39, 0.29) is 0 Å². The number of primary amides is 1. The number of sulfonamides is 1. The second-order valence-electron chi connectivity index (χ2n) is 2.30. The van der Waals surface area contributed by atoms with Gasteiger partial charge in [-0.3, -0.25) is 0 Å². The average Bonchev–Trinajstić information content (AvgIpc) is 2.02. The first-order valence-electron chi connectivity index (χ1n) is 3.40. The summed E-state index contributed by atoms with van der Waals surface area (Å²) in [6.45, 7) is 0. The number of aromatic nitrogens is 1. The molecule has 0 radical (unpaired) electrons. The van der Waals surface area contributed by atoms with Crippen molar-refractivity contribution < 1.29 is 18.3 Å². The first-order valence-corrected chi connectivity index (χ1v) is 4.88. The molecular weight excluding hydrogens is 210 g/mol. The Labute approximate surface area is 79.6 Å². The van der Waals surface area contributed by atoms with Gasteiger partial charge < -0.3 is 10.8 Å². The van der Waals surface area contributed by atoms with Crippen molar-refractivity contribution in [3.63, 3.8) is 0 Å². The third-order valence-electron chi connectivity index (χ3n) is 1.24. The van der Waals surface area contributed by atoms with Crippen LogP contribution in [0, 0.1) is 0 Å². The molecule has 0 unspecified atom stereocenters. The fourth-order valence-corrected chi connectivity index (χ4v) is 1.67. The van der Waals surface area contributed by atoms with Crippen molar-refractivity contribution >= 4 is 16.1 Å². The summed E-state index contributed by atoms with van der Waals surface area (Å²) in [5.41, 5.74) is 4.63. The molecule has 14 heavy (non-hydrogen) atoms. The number of nitrogens with one attached hydrogen (secondary N) is 1. The molecule has 1 aromatic heterocycles. The molecule has 0 aromatic carbocycles. The number of carbonyl (C=O) groups excluding carboxylic acids is 1. The maximum Gasteiger partial charge on any atom is 0.326 e. The standard InChI is InChI=1S/C6H7N3O4S/c7-6(11)9-14(12,13)5-4(10)2-1-3-8-5/h1-3,10H,(H3,7,9,11). The molecule has 0 fully saturated rings. The number of carbonyl (C=O) groups is 1. The van der Waals surface area contributed by atoms with Gasteiger partial charge in [0.2, 0.25) is 5.03 Å². The molecule has 1 aromatic rings. The van der Waals surface area contributed by atoms with Gasteiger partial charge in [-0.05, 0) is 12.1 Å². The smallest absolute Gasteiger partial charge is 0.326 e. The van der Waals surface area contributed by atoms with Crippen LogP contribution in [0.3, 0.4) is 0 Å². The summed E-state index contributed by atoms with van der Waals surface area (Å²) in [7, 11) is -4.18. The Bertz CT molecular complexity index is 456. The van der Waals surface area contributed by atoms with E-state index in [0.717, 1.165) is 12.3 Å². The number of hydrogen-bond donors (Lipinski definition) is 3. The summed E-state index contributed by atoms with van der Waals surface area (Å²) in [5.74, 6) is -0.554. The molecule has 7 nitrogen and oxygen atoms in total. The van der Waals surface area contributed by atoms with E-state index in [1.165, 1.54) is 10.8 Å². The van der Waals surface area contributed by atoms with Crippen LogP contribution in [0.15, 0.2) is 23.4 Å². The number of aromatic hydroxyl groups is 1. The molecule has 8 heteroatoms. The van der Waals surface area contributed by atoms with Gasteiger partial charge in [-0.2, -0.15) is 8.42 Å². The molecule has 2 amide bonds. The Morgan fingerprint density at radius 2 is 2.21 bits per heavy atom. The lowest BCUT2D eigenvalue weighted by molar-refractivity contribution is 0.253. The summed E-state index contributed by atoms with van der Waals surface area (Å²) in [4.78, 5) is 13.7. The van der Waals surface area contributed by atoms with Crippen molar-refractivity contribution in [2.75, 3.05) is 0 Å². The maximum absolute atomic E-state index is 11.2. The highest BCUT2D eigenvalue weighted by molar-refractivity contribution is 7.90. The van der Waals surface area contributed by atoms with E-state index >= 15 is 0 Å². The Morgan fingerprint density at radius 1 is 1.57 bits per heavy atom. The van der Waals surface area contributed by atoms with Gasteiger partial charge in [0.05, 0.1) is 0 Å². The van der Waals surface area contributed by atoms with Gasteiger partial charge in [-0.25, -0.2) is 14.5 Å². The Kier molecular flexibility index (Phi) is 2.56. The van der Waals surface area contributed by atoms with E-state index in [4.69, 9.17) is 5.11 Å². The van der Waals surface area contributed by atoms with Crippen LogP contribution >= 0.6 is 0 Å². The highest BCUT2D eigenvalue weighted by Crippen LogP contribution is 2.17. The lowest BCUT2D eigenvalue weighted by atomic mass is 10.5. The van der Waals surface area contributed by atoms with Gasteiger partial charge >= 0.3 is 6.03 Å². The zero-order valence-corrected chi connectivity index (χ0v) is 7.65. The van der Waals surface area contributed by atoms with Crippen molar-refractivity contribution in [1.82, 2.24) is 9.71 Å². The summed E-state index contributed by atoms with van der Waals surface area (Å²) in [5, 5.41) is 8.49. The van der Waals surface area contributed by atoms with E-state index in [2.05, 4.69) is 10.7 Å². The molecule has 76 valence electrons. The second kappa shape index (κ2) is 3.50. The lowest BCUT2D eigenvalue weighted by Crippen LogP contribution is -2.35. The average molecular weight is 217 g/mol. The molecule has 1 rings (SSSR count). The van der Waals surface area contributed by atoms with Gasteiger partial charge in [0.25, 0.3) is 10.0 Å². The fourth-order valence-electron chi connectivity index (χ4n) is 0.770. The number of nitrogens with zero attached hydrogens (tertiary/aromatic N) is 1. The van der Waals surface area contributed by atoms with E-state index < -0.39 is 26.8 Å². The topological polar surface area (TPSA) is 122 Å². The summed E-state index contributed by atoms with van der Waals surface area (Å²) < 4.78 is 23.9. The molecular formula is C6H7N3O4S. The van der Waals surface area contributed by atoms with Crippen molar-refractivity contribution in [1.29, 1.82) is 0 Å². The van der Waals surface area contributed by atoms with Crippen LogP contribution in [0.5, 0.6) is 5.75 Å². The minimum atomic E-state index is -4.18.